The summed E-state index contributed by atoms with van der Waals surface area (Å²) < 4.78 is 49.2. The molecular formula is C64H88N6O21. The molecular weight excluding hydrogens is 1190 g/mol. The van der Waals surface area contributed by atoms with Gasteiger partial charge in [0.1, 0.15) is 38.6 Å². The van der Waals surface area contributed by atoms with Gasteiger partial charge < -0.3 is 85.6 Å². The van der Waals surface area contributed by atoms with Crippen molar-refractivity contribution in [2.24, 2.45) is 35.1 Å². The third-order valence-corrected chi connectivity index (χ3v) is 15.4. The number of hydrogen-bond acceptors (Lipinski definition) is 23. The number of aliphatic hydroxyl groups is 2. The smallest absolute Gasteiger partial charge is 0.405 e. The first-order valence-corrected chi connectivity index (χ1v) is 29.6. The summed E-state index contributed by atoms with van der Waals surface area (Å²) in [5, 5.41) is 33.9. The van der Waals surface area contributed by atoms with Gasteiger partial charge >= 0.3 is 24.1 Å². The number of fused-ring (bicyclic) bond motifs is 4. The van der Waals surface area contributed by atoms with E-state index in [0.29, 0.717) is 11.1 Å². The maximum Gasteiger partial charge on any atom is 0.405 e. The summed E-state index contributed by atoms with van der Waals surface area (Å²) in [6, 6.07) is 0. The highest BCUT2D eigenvalue weighted by Crippen LogP contribution is 2.31. The molecule has 27 nitrogen and oxygen atoms in total. The minimum absolute atomic E-state index is 0.0109. The van der Waals surface area contributed by atoms with Gasteiger partial charge in [0.2, 0.25) is 23.1 Å². The first-order chi connectivity index (χ1) is 43.0. The normalized spacial score (nSPS) is 30.2. The van der Waals surface area contributed by atoms with Gasteiger partial charge in [-0.25, -0.2) is 19.2 Å². The Bertz CT molecular complexity index is 2840. The fourth-order valence-corrected chi connectivity index (χ4v) is 10.5. The van der Waals surface area contributed by atoms with Crippen molar-refractivity contribution in [2.45, 2.75) is 130 Å². The van der Waals surface area contributed by atoms with Gasteiger partial charge in [0.05, 0.1) is 47.2 Å². The van der Waals surface area contributed by atoms with Crippen molar-refractivity contribution in [3.05, 3.63) is 117 Å². The maximum atomic E-state index is 14.1. The lowest BCUT2D eigenvalue weighted by molar-refractivity contribution is -0.155. The molecule has 2 heterocycles. The van der Waals surface area contributed by atoms with E-state index < -0.39 is 145 Å². The Hall–Kier alpha value is -8.18. The molecule has 0 aromatic carbocycles. The number of ketones is 4. The minimum Gasteiger partial charge on any atom is -0.462 e. The molecule has 0 radical (unpaired) electrons. The zero-order chi connectivity index (χ0) is 67.8. The number of hydrogen-bond donors (Lipinski definition) is 8. The van der Waals surface area contributed by atoms with E-state index in [2.05, 4.69) is 21.3 Å². The second kappa shape index (κ2) is 36.6. The van der Waals surface area contributed by atoms with Gasteiger partial charge in [-0.1, -0.05) is 76.3 Å². The minimum atomic E-state index is -1.11. The van der Waals surface area contributed by atoms with Gasteiger partial charge in [-0.3, -0.25) is 28.8 Å². The number of esters is 2. The predicted octanol–water partition coefficient (Wildman–Crippen LogP) is 2.82. The number of Topliss-reactive ketones (excluding diaryl/α,β-unsaturated/α-hetero) is 2. The quantitative estimate of drug-likeness (QED) is 0.0321. The molecule has 4 amide bonds. The topological polar surface area (TPSA) is 394 Å². The molecule has 0 spiro atoms. The Kier molecular flexibility index (Phi) is 30.3. The molecule has 0 saturated carbocycles. The highest BCUT2D eigenvalue weighted by molar-refractivity contribution is 6.24. The van der Waals surface area contributed by atoms with Crippen LogP contribution in [0.1, 0.15) is 81.1 Å². The van der Waals surface area contributed by atoms with Crippen molar-refractivity contribution in [1.82, 2.24) is 21.3 Å². The summed E-state index contributed by atoms with van der Waals surface area (Å²) in [7, 11) is 5.61. The van der Waals surface area contributed by atoms with Crippen molar-refractivity contribution >= 4 is 59.1 Å². The molecule has 500 valence electrons. The molecule has 91 heavy (non-hydrogen) atoms. The summed E-state index contributed by atoms with van der Waals surface area (Å²) in [4.78, 5) is 132. The van der Waals surface area contributed by atoms with Gasteiger partial charge in [-0.2, -0.15) is 0 Å². The van der Waals surface area contributed by atoms with Crippen molar-refractivity contribution in [3.63, 3.8) is 0 Å². The van der Waals surface area contributed by atoms with Gasteiger partial charge in [-0.15, -0.1) is 0 Å². The van der Waals surface area contributed by atoms with E-state index in [4.69, 9.17) is 54.1 Å². The molecule has 2 aliphatic heterocycles. The van der Waals surface area contributed by atoms with E-state index in [0.717, 1.165) is 12.2 Å². The highest BCUT2D eigenvalue weighted by Gasteiger charge is 2.36. The summed E-state index contributed by atoms with van der Waals surface area (Å²) in [5.41, 5.74) is 11.3. The van der Waals surface area contributed by atoms with Crippen molar-refractivity contribution in [3.8, 4) is 0 Å². The number of nitrogens with two attached hydrogens (primary N) is 2. The number of rotatable bonds is 18. The Labute approximate surface area is 529 Å². The van der Waals surface area contributed by atoms with Crippen LogP contribution < -0.4 is 32.7 Å². The molecule has 4 rings (SSSR count). The fraction of sp³-hybridized carbons (Fsp3) is 0.531. The standard InChI is InChI=1S/C64H88N6O21/c1-33-23-41-53(45(71)29-43(57(41)77)69-61(79)35(3)15-13-17-47(83-9)59(90-63(65)81)39(7)27-37(5)55(75)49(25-33)85-11)67-19-21-88-51(73)31-87-32-52(74)89-22-20-68-54-42-24-34(2)26-50(86-12)56(76)38(6)28-40(8)60(91-64(66)82)48(84-10)18-14-16-36(4)62(80)70-44(58(42)78)30-46(54)72/h13-18,27-30,33-34,37-38,47-50,55-56,59-60,67-68,75-76H,19-26,31-32H2,1-12H3,(H2,65,81)(H2,66,82)(H,69,79)(H,70,80)/b17-13-,18-14+,35-15+,36-16-,39-27+,40-28+/t33-,34-,37+,38+,47+,48+,49+,50+,55-,56-,59+,60+/m1/s1. The molecule has 10 N–H and O–H groups in total. The molecule has 12 atom stereocenters. The molecule has 0 fully saturated rings. The van der Waals surface area contributed by atoms with Crippen LogP contribution >= 0.6 is 0 Å². The van der Waals surface area contributed by atoms with Gasteiger partial charge in [0.25, 0.3) is 11.8 Å². The largest absolute Gasteiger partial charge is 0.462 e. The van der Waals surface area contributed by atoms with Crippen molar-refractivity contribution in [1.29, 1.82) is 0 Å². The van der Waals surface area contributed by atoms with E-state index in [-0.39, 0.29) is 97.1 Å². The monoisotopic (exact) mass is 1280 g/mol. The zero-order valence-corrected chi connectivity index (χ0v) is 53.6. The molecule has 4 bridgehead atoms. The highest BCUT2D eigenvalue weighted by atomic mass is 16.6. The van der Waals surface area contributed by atoms with E-state index in [9.17, 15) is 58.2 Å². The Morgan fingerprint density at radius 1 is 0.571 bits per heavy atom. The van der Waals surface area contributed by atoms with Crippen LogP contribution in [-0.4, -0.2) is 186 Å². The number of amides is 4. The van der Waals surface area contributed by atoms with Crippen LogP contribution in [0.25, 0.3) is 0 Å². The number of nitrogens with one attached hydrogen (secondary N) is 4. The van der Waals surface area contributed by atoms with Crippen LogP contribution in [0.15, 0.2) is 117 Å². The average Bonchev–Trinajstić information content (AvgIpc) is 1.04. The lowest BCUT2D eigenvalue weighted by Crippen LogP contribution is -2.38. The second-order valence-electron chi connectivity index (χ2n) is 22.6. The van der Waals surface area contributed by atoms with Gasteiger partial charge in [-0.05, 0) is 76.4 Å². The summed E-state index contributed by atoms with van der Waals surface area (Å²) in [6.45, 7) is 11.0. The lowest BCUT2D eigenvalue weighted by atomic mass is 9.85. The fourth-order valence-electron chi connectivity index (χ4n) is 10.5. The number of aliphatic hydroxyl groups excluding tert-OH is 2. The Morgan fingerprint density at radius 2 is 0.934 bits per heavy atom. The molecule has 0 aromatic rings. The molecule has 4 aliphatic rings. The summed E-state index contributed by atoms with van der Waals surface area (Å²) >= 11 is 0. The van der Waals surface area contributed by atoms with Crippen LogP contribution in [-0.2, 0) is 81.0 Å². The van der Waals surface area contributed by atoms with Crippen LogP contribution in [0.5, 0.6) is 0 Å². The third kappa shape index (κ3) is 22.6. The summed E-state index contributed by atoms with van der Waals surface area (Å²) in [5.74, 6) is -7.83. The SMILES string of the molecule is CO[C@H]1/C=C\C=C(/C)C(=O)NC2=CC(=O)C(NCCOC(=O)COCC(=O)OCCNC3=C4C[C@@H](C)C[C@H](OC)[C@H](O)[C@@H](C)/C=C(\C)[C@H](OC(N)=O)[C@@H](OC)/C=C/C=C(/C)C(=O)NC(=CC3=O)C4=O)=C(C[C@@H](C)C[C@H](OC)[C@H](O)[C@@H](C)/C=C(\C)[C@@H]1OC(N)=O)C2=O. The first kappa shape index (κ1) is 75.3. The van der Waals surface area contributed by atoms with Gasteiger partial charge in [0, 0.05) is 87.8 Å². The van der Waals surface area contributed by atoms with E-state index in [1.54, 1.807) is 53.7 Å². The Balaban J connectivity index is 1.40. The molecule has 0 unspecified atom stereocenters. The predicted molar refractivity (Wildman–Crippen MR) is 328 cm³/mol. The van der Waals surface area contributed by atoms with Crippen LogP contribution in [0.2, 0.25) is 0 Å². The van der Waals surface area contributed by atoms with Crippen LogP contribution in [0.3, 0.4) is 0 Å². The lowest BCUT2D eigenvalue weighted by Gasteiger charge is -2.30. The number of primary amides is 2. The third-order valence-electron chi connectivity index (χ3n) is 15.4. The van der Waals surface area contributed by atoms with Crippen LogP contribution in [0.4, 0.5) is 9.59 Å². The van der Waals surface area contributed by atoms with Crippen molar-refractivity contribution < 1.29 is 101 Å². The second-order valence-corrected chi connectivity index (χ2v) is 22.6. The molecule has 2 aliphatic carbocycles. The maximum absolute atomic E-state index is 14.1. The van der Waals surface area contributed by atoms with Crippen molar-refractivity contribution in [2.75, 3.05) is 68.0 Å². The molecule has 0 saturated heterocycles. The van der Waals surface area contributed by atoms with Gasteiger partial charge in [0.15, 0.2) is 12.2 Å². The van der Waals surface area contributed by atoms with E-state index >= 15 is 0 Å². The average molecular weight is 1280 g/mol. The van der Waals surface area contributed by atoms with E-state index in [1.165, 1.54) is 78.7 Å². The molecule has 27 heteroatoms. The zero-order valence-electron chi connectivity index (χ0n) is 53.6. The number of carbonyl (C=O) groups is 10. The molecule has 0 aromatic heterocycles. The Morgan fingerprint density at radius 3 is 1.26 bits per heavy atom. The number of allylic oxidation sites excluding steroid dienone is 8. The summed E-state index contributed by atoms with van der Waals surface area (Å²) in [6.07, 6.45) is 4.86. The number of carbonyl (C=O) groups excluding carboxylic acids is 10. The van der Waals surface area contributed by atoms with Crippen LogP contribution in [0, 0.1) is 23.7 Å². The first-order valence-electron chi connectivity index (χ1n) is 29.6. The number of methoxy groups -OCH3 is 4. The van der Waals surface area contributed by atoms with E-state index in [1.807, 2.05) is 0 Å². The number of ether oxygens (including phenoxy) is 9.